The molecule has 1 atom stereocenters. The molecule has 1 aliphatic rings. The Morgan fingerprint density at radius 1 is 1.44 bits per heavy atom. The molecule has 0 radical (unpaired) electrons. The van der Waals surface area contributed by atoms with Crippen LogP contribution in [0.2, 0.25) is 0 Å². The average molecular weight is 224 g/mol. The molecule has 1 saturated heterocycles. The molecule has 1 aliphatic heterocycles. The van der Waals surface area contributed by atoms with Crippen molar-refractivity contribution in [3.8, 4) is 0 Å². The SMILES string of the molecule is Cc1nc(CNCC2CCCOC2)oc1C. The van der Waals surface area contributed by atoms with Crippen LogP contribution in [0, 0.1) is 19.8 Å². The molecule has 2 rings (SSSR count). The molecule has 1 fully saturated rings. The molecule has 0 aromatic carbocycles. The van der Waals surface area contributed by atoms with Gasteiger partial charge >= 0.3 is 0 Å². The van der Waals surface area contributed by atoms with Gasteiger partial charge in [-0.2, -0.15) is 0 Å². The third-order valence-corrected chi connectivity index (χ3v) is 3.04. The molecule has 1 unspecified atom stereocenters. The van der Waals surface area contributed by atoms with Crippen molar-refractivity contribution in [2.24, 2.45) is 5.92 Å². The normalized spacial score (nSPS) is 21.2. The summed E-state index contributed by atoms with van der Waals surface area (Å²) in [5, 5.41) is 3.38. The molecule has 4 nitrogen and oxygen atoms in total. The number of aryl methyl sites for hydroxylation is 2. The van der Waals surface area contributed by atoms with E-state index in [1.807, 2.05) is 13.8 Å². The minimum atomic E-state index is 0.644. The number of aromatic nitrogens is 1. The van der Waals surface area contributed by atoms with Gasteiger partial charge in [-0.1, -0.05) is 0 Å². The fraction of sp³-hybridized carbons (Fsp3) is 0.750. The first-order valence-corrected chi connectivity index (χ1v) is 5.97. The third-order valence-electron chi connectivity index (χ3n) is 3.04. The first kappa shape index (κ1) is 11.6. The largest absolute Gasteiger partial charge is 0.444 e. The van der Waals surface area contributed by atoms with Crippen molar-refractivity contribution in [1.29, 1.82) is 0 Å². The first-order valence-electron chi connectivity index (χ1n) is 5.97. The summed E-state index contributed by atoms with van der Waals surface area (Å²) >= 11 is 0. The van der Waals surface area contributed by atoms with Gasteiger partial charge in [0.2, 0.25) is 5.89 Å². The lowest BCUT2D eigenvalue weighted by molar-refractivity contribution is 0.0545. The maximum Gasteiger partial charge on any atom is 0.208 e. The Kier molecular flexibility index (Phi) is 3.96. The second kappa shape index (κ2) is 5.46. The summed E-state index contributed by atoms with van der Waals surface area (Å²) in [5.41, 5.74) is 0.984. The van der Waals surface area contributed by atoms with Crippen molar-refractivity contribution >= 4 is 0 Å². The number of nitrogens with zero attached hydrogens (tertiary/aromatic N) is 1. The zero-order valence-corrected chi connectivity index (χ0v) is 10.1. The van der Waals surface area contributed by atoms with Crippen LogP contribution in [0.1, 0.15) is 30.2 Å². The molecular formula is C12H20N2O2. The lowest BCUT2D eigenvalue weighted by atomic mass is 10.0. The van der Waals surface area contributed by atoms with Gasteiger partial charge in [0.25, 0.3) is 0 Å². The molecule has 0 bridgehead atoms. The highest BCUT2D eigenvalue weighted by molar-refractivity contribution is 5.05. The van der Waals surface area contributed by atoms with Gasteiger partial charge in [0.1, 0.15) is 5.76 Å². The van der Waals surface area contributed by atoms with Crippen LogP contribution in [-0.4, -0.2) is 24.7 Å². The Labute approximate surface area is 96.4 Å². The fourth-order valence-corrected chi connectivity index (χ4v) is 1.97. The van der Waals surface area contributed by atoms with E-state index in [9.17, 15) is 0 Å². The van der Waals surface area contributed by atoms with Crippen LogP contribution in [0.15, 0.2) is 4.42 Å². The molecule has 0 saturated carbocycles. The van der Waals surface area contributed by atoms with E-state index in [-0.39, 0.29) is 0 Å². The molecular weight excluding hydrogens is 204 g/mol. The van der Waals surface area contributed by atoms with Crippen molar-refractivity contribution in [3.63, 3.8) is 0 Å². The highest BCUT2D eigenvalue weighted by Gasteiger charge is 2.13. The molecule has 16 heavy (non-hydrogen) atoms. The minimum Gasteiger partial charge on any atom is -0.444 e. The monoisotopic (exact) mass is 224 g/mol. The molecule has 1 aromatic rings. The van der Waals surface area contributed by atoms with Crippen LogP contribution in [0.25, 0.3) is 0 Å². The molecule has 0 spiro atoms. The number of rotatable bonds is 4. The quantitative estimate of drug-likeness (QED) is 0.847. The molecule has 1 N–H and O–H groups in total. The number of oxazole rings is 1. The standard InChI is InChI=1S/C12H20N2O2/c1-9-10(2)16-12(14-9)7-13-6-11-4-3-5-15-8-11/h11,13H,3-8H2,1-2H3. The lowest BCUT2D eigenvalue weighted by Gasteiger charge is -2.21. The molecule has 2 heterocycles. The number of hydrogen-bond acceptors (Lipinski definition) is 4. The zero-order valence-electron chi connectivity index (χ0n) is 10.1. The molecule has 0 aliphatic carbocycles. The lowest BCUT2D eigenvalue weighted by Crippen LogP contribution is -2.28. The Morgan fingerprint density at radius 3 is 2.94 bits per heavy atom. The number of nitrogens with one attached hydrogen (secondary N) is 1. The highest BCUT2D eigenvalue weighted by Crippen LogP contribution is 2.13. The summed E-state index contributed by atoms with van der Waals surface area (Å²) in [6.45, 7) is 7.43. The predicted octanol–water partition coefficient (Wildman–Crippen LogP) is 1.81. The third kappa shape index (κ3) is 3.06. The van der Waals surface area contributed by atoms with E-state index in [4.69, 9.17) is 9.15 Å². The van der Waals surface area contributed by atoms with Gasteiger partial charge in [0, 0.05) is 13.2 Å². The summed E-state index contributed by atoms with van der Waals surface area (Å²) in [6, 6.07) is 0. The molecule has 4 heteroatoms. The first-order chi connectivity index (χ1) is 7.75. The van der Waals surface area contributed by atoms with Crippen molar-refractivity contribution in [3.05, 3.63) is 17.3 Å². The Bertz CT molecular complexity index is 310. The maximum atomic E-state index is 5.50. The van der Waals surface area contributed by atoms with Gasteiger partial charge in [-0.25, -0.2) is 4.98 Å². The van der Waals surface area contributed by atoms with Crippen molar-refractivity contribution < 1.29 is 9.15 Å². The summed E-state index contributed by atoms with van der Waals surface area (Å²) in [6.07, 6.45) is 2.44. The van der Waals surface area contributed by atoms with E-state index in [1.165, 1.54) is 12.8 Å². The maximum absolute atomic E-state index is 5.50. The second-order valence-electron chi connectivity index (χ2n) is 4.46. The Morgan fingerprint density at radius 2 is 2.31 bits per heavy atom. The minimum absolute atomic E-state index is 0.644. The van der Waals surface area contributed by atoms with Crippen molar-refractivity contribution in [1.82, 2.24) is 10.3 Å². The summed E-state index contributed by atoms with van der Waals surface area (Å²) in [5.74, 6) is 2.34. The van der Waals surface area contributed by atoms with Crippen molar-refractivity contribution in [2.45, 2.75) is 33.2 Å². The van der Waals surface area contributed by atoms with Gasteiger partial charge in [-0.05, 0) is 32.6 Å². The van der Waals surface area contributed by atoms with Crippen LogP contribution in [0.4, 0.5) is 0 Å². The number of ether oxygens (including phenoxy) is 1. The second-order valence-corrected chi connectivity index (χ2v) is 4.46. The van der Waals surface area contributed by atoms with Gasteiger partial charge in [0.15, 0.2) is 0 Å². The van der Waals surface area contributed by atoms with Crippen LogP contribution in [-0.2, 0) is 11.3 Å². The van der Waals surface area contributed by atoms with E-state index in [0.717, 1.165) is 37.1 Å². The van der Waals surface area contributed by atoms with Gasteiger partial charge in [-0.15, -0.1) is 0 Å². The Hall–Kier alpha value is -0.870. The number of hydrogen-bond donors (Lipinski definition) is 1. The van der Waals surface area contributed by atoms with E-state index < -0.39 is 0 Å². The van der Waals surface area contributed by atoms with E-state index in [0.29, 0.717) is 12.5 Å². The van der Waals surface area contributed by atoms with E-state index >= 15 is 0 Å². The van der Waals surface area contributed by atoms with Crippen LogP contribution < -0.4 is 5.32 Å². The molecule has 90 valence electrons. The van der Waals surface area contributed by atoms with Crippen LogP contribution >= 0.6 is 0 Å². The molecule has 1 aromatic heterocycles. The topological polar surface area (TPSA) is 47.3 Å². The van der Waals surface area contributed by atoms with E-state index in [1.54, 1.807) is 0 Å². The van der Waals surface area contributed by atoms with Crippen LogP contribution in [0.5, 0.6) is 0 Å². The highest BCUT2D eigenvalue weighted by atomic mass is 16.5. The van der Waals surface area contributed by atoms with Gasteiger partial charge in [-0.3, -0.25) is 0 Å². The summed E-state index contributed by atoms with van der Waals surface area (Å²) < 4.78 is 10.9. The van der Waals surface area contributed by atoms with Gasteiger partial charge < -0.3 is 14.5 Å². The zero-order chi connectivity index (χ0) is 11.4. The van der Waals surface area contributed by atoms with E-state index in [2.05, 4.69) is 10.3 Å². The van der Waals surface area contributed by atoms with Gasteiger partial charge in [0.05, 0.1) is 18.8 Å². The fourth-order valence-electron chi connectivity index (χ4n) is 1.97. The van der Waals surface area contributed by atoms with Crippen LogP contribution in [0.3, 0.4) is 0 Å². The predicted molar refractivity (Wildman–Crippen MR) is 61.2 cm³/mol. The smallest absolute Gasteiger partial charge is 0.208 e. The summed E-state index contributed by atoms with van der Waals surface area (Å²) in [7, 11) is 0. The Balaban J connectivity index is 1.71. The summed E-state index contributed by atoms with van der Waals surface area (Å²) in [4.78, 5) is 4.33. The van der Waals surface area contributed by atoms with Crippen molar-refractivity contribution in [2.75, 3.05) is 19.8 Å². The average Bonchev–Trinajstić information content (AvgIpc) is 2.60. The molecule has 0 amide bonds.